The van der Waals surface area contributed by atoms with Crippen LogP contribution in [0.2, 0.25) is 0 Å². The molecule has 2 rings (SSSR count). The van der Waals surface area contributed by atoms with Crippen molar-refractivity contribution >= 4 is 5.97 Å². The normalized spacial score (nSPS) is 38.3. The van der Waals surface area contributed by atoms with Crippen LogP contribution in [0.15, 0.2) is 0 Å². The standard InChI is InChI=1S/C16H30NO2/c1-11(17(5,6)7)14(18)19-13-10-12-8-9-16(13,4)15(12,2)3/h11-13H,8-10H2,1-7H3/q+1/t11-,12+,13-,16-/m1/s1. The van der Waals surface area contributed by atoms with Crippen LogP contribution in [0.1, 0.15) is 47.0 Å². The molecule has 0 aromatic heterocycles. The Bertz CT molecular complexity index is 383. The van der Waals surface area contributed by atoms with Crippen molar-refractivity contribution in [3.05, 3.63) is 0 Å². The Kier molecular flexibility index (Phi) is 3.29. The topological polar surface area (TPSA) is 26.3 Å². The van der Waals surface area contributed by atoms with E-state index in [1.807, 2.05) is 28.1 Å². The second-order valence-corrected chi connectivity index (χ2v) is 8.33. The first-order chi connectivity index (χ1) is 8.50. The van der Waals surface area contributed by atoms with E-state index in [2.05, 4.69) is 20.8 Å². The molecule has 0 radical (unpaired) electrons. The predicted octanol–water partition coefficient (Wildman–Crippen LogP) is 2.84. The molecule has 0 aromatic carbocycles. The lowest BCUT2D eigenvalue weighted by Crippen LogP contribution is -2.50. The molecule has 0 aliphatic heterocycles. The molecular formula is C16H30NO2+. The molecule has 0 saturated heterocycles. The lowest BCUT2D eigenvalue weighted by Gasteiger charge is -2.39. The highest BCUT2D eigenvalue weighted by atomic mass is 16.5. The first-order valence-electron chi connectivity index (χ1n) is 7.52. The first kappa shape index (κ1) is 14.8. The Morgan fingerprint density at radius 1 is 1.26 bits per heavy atom. The third-order valence-electron chi connectivity index (χ3n) is 6.48. The molecule has 2 bridgehead atoms. The summed E-state index contributed by atoms with van der Waals surface area (Å²) in [7, 11) is 6.12. The van der Waals surface area contributed by atoms with Gasteiger partial charge in [-0.15, -0.1) is 0 Å². The largest absolute Gasteiger partial charge is 0.457 e. The quantitative estimate of drug-likeness (QED) is 0.581. The summed E-state index contributed by atoms with van der Waals surface area (Å²) in [4.78, 5) is 12.3. The summed E-state index contributed by atoms with van der Waals surface area (Å²) in [5.74, 6) is 0.678. The summed E-state index contributed by atoms with van der Waals surface area (Å²) >= 11 is 0. The highest BCUT2D eigenvalue weighted by molar-refractivity contribution is 5.74. The zero-order valence-corrected chi connectivity index (χ0v) is 13.6. The van der Waals surface area contributed by atoms with Crippen molar-refractivity contribution < 1.29 is 14.0 Å². The number of quaternary nitrogens is 1. The van der Waals surface area contributed by atoms with Crippen LogP contribution in [0.3, 0.4) is 0 Å². The van der Waals surface area contributed by atoms with Crippen LogP contribution < -0.4 is 0 Å². The van der Waals surface area contributed by atoms with Gasteiger partial charge < -0.3 is 9.22 Å². The molecular weight excluding hydrogens is 238 g/mol. The average molecular weight is 268 g/mol. The summed E-state index contributed by atoms with van der Waals surface area (Å²) in [6, 6.07) is -0.106. The van der Waals surface area contributed by atoms with Gasteiger partial charge in [-0.3, -0.25) is 0 Å². The minimum atomic E-state index is -0.106. The van der Waals surface area contributed by atoms with E-state index in [1.54, 1.807) is 0 Å². The molecule has 0 amide bonds. The highest BCUT2D eigenvalue weighted by Crippen LogP contribution is 2.66. The van der Waals surface area contributed by atoms with Gasteiger partial charge in [-0.2, -0.15) is 0 Å². The fourth-order valence-corrected chi connectivity index (χ4v) is 3.86. The molecule has 4 atom stereocenters. The number of esters is 1. The molecule has 2 saturated carbocycles. The number of carbonyl (C=O) groups excluding carboxylic acids is 1. The second kappa shape index (κ2) is 4.21. The van der Waals surface area contributed by atoms with Crippen molar-refractivity contribution in [2.75, 3.05) is 21.1 Å². The molecule has 2 aliphatic carbocycles. The fraction of sp³-hybridized carbons (Fsp3) is 0.938. The van der Waals surface area contributed by atoms with Crippen molar-refractivity contribution in [1.82, 2.24) is 0 Å². The lowest BCUT2D eigenvalue weighted by atomic mass is 9.70. The van der Waals surface area contributed by atoms with Crippen LogP contribution in [-0.4, -0.2) is 43.7 Å². The van der Waals surface area contributed by atoms with Gasteiger partial charge in [0.1, 0.15) is 6.10 Å². The molecule has 2 aliphatic rings. The van der Waals surface area contributed by atoms with Gasteiger partial charge in [0.05, 0.1) is 21.1 Å². The number of hydrogen-bond acceptors (Lipinski definition) is 2. The van der Waals surface area contributed by atoms with Crippen LogP contribution >= 0.6 is 0 Å². The Labute approximate surface area is 117 Å². The Morgan fingerprint density at radius 2 is 1.84 bits per heavy atom. The van der Waals surface area contributed by atoms with Gasteiger partial charge in [0.25, 0.3) is 0 Å². The number of likely N-dealkylation sites (N-methyl/N-ethyl adjacent to an activating group) is 1. The molecule has 0 aromatic rings. The second-order valence-electron chi connectivity index (χ2n) is 8.33. The molecule has 0 spiro atoms. The number of nitrogens with zero attached hydrogens (tertiary/aromatic N) is 1. The smallest absolute Gasteiger partial charge is 0.364 e. The van der Waals surface area contributed by atoms with Gasteiger partial charge in [-0.05, 0) is 37.5 Å². The third kappa shape index (κ3) is 2.10. The summed E-state index contributed by atoms with van der Waals surface area (Å²) in [5, 5.41) is 0. The van der Waals surface area contributed by atoms with Crippen LogP contribution in [-0.2, 0) is 9.53 Å². The summed E-state index contributed by atoms with van der Waals surface area (Å²) in [6.07, 6.45) is 3.66. The van der Waals surface area contributed by atoms with E-state index in [0.29, 0.717) is 9.90 Å². The Hall–Kier alpha value is -0.570. The van der Waals surface area contributed by atoms with E-state index in [0.717, 1.165) is 12.3 Å². The number of ether oxygens (including phenoxy) is 1. The Morgan fingerprint density at radius 3 is 2.21 bits per heavy atom. The minimum Gasteiger partial charge on any atom is -0.457 e. The number of fused-ring (bicyclic) bond motifs is 2. The minimum absolute atomic E-state index is 0.0397. The van der Waals surface area contributed by atoms with E-state index in [1.165, 1.54) is 12.8 Å². The van der Waals surface area contributed by atoms with Crippen molar-refractivity contribution in [3.8, 4) is 0 Å². The molecule has 3 nitrogen and oxygen atoms in total. The zero-order valence-electron chi connectivity index (χ0n) is 13.6. The molecule has 2 fully saturated rings. The summed E-state index contributed by atoms with van der Waals surface area (Å²) in [6.45, 7) is 8.97. The fourth-order valence-electron chi connectivity index (χ4n) is 3.86. The van der Waals surface area contributed by atoms with E-state index in [-0.39, 0.29) is 23.5 Å². The zero-order chi connectivity index (χ0) is 14.6. The van der Waals surface area contributed by atoms with Gasteiger partial charge in [-0.1, -0.05) is 20.8 Å². The van der Waals surface area contributed by atoms with E-state index < -0.39 is 0 Å². The van der Waals surface area contributed by atoms with Crippen LogP contribution in [0.25, 0.3) is 0 Å². The monoisotopic (exact) mass is 268 g/mol. The van der Waals surface area contributed by atoms with E-state index >= 15 is 0 Å². The molecule has 0 N–H and O–H groups in total. The molecule has 0 unspecified atom stereocenters. The van der Waals surface area contributed by atoms with Gasteiger partial charge in [0, 0.05) is 5.41 Å². The first-order valence-corrected chi connectivity index (χ1v) is 7.52. The number of hydrogen-bond donors (Lipinski definition) is 0. The maximum absolute atomic E-state index is 12.3. The molecule has 110 valence electrons. The maximum Gasteiger partial charge on any atom is 0.364 e. The van der Waals surface area contributed by atoms with Gasteiger partial charge in [0.2, 0.25) is 0 Å². The number of rotatable bonds is 3. The van der Waals surface area contributed by atoms with Crippen molar-refractivity contribution in [1.29, 1.82) is 0 Å². The lowest BCUT2D eigenvalue weighted by molar-refractivity contribution is -0.885. The predicted molar refractivity (Wildman–Crippen MR) is 76.6 cm³/mol. The summed E-state index contributed by atoms with van der Waals surface area (Å²) in [5.41, 5.74) is 0.468. The van der Waals surface area contributed by atoms with E-state index in [9.17, 15) is 4.79 Å². The molecule has 0 heterocycles. The van der Waals surface area contributed by atoms with Crippen molar-refractivity contribution in [2.24, 2.45) is 16.7 Å². The molecule has 19 heavy (non-hydrogen) atoms. The summed E-state index contributed by atoms with van der Waals surface area (Å²) < 4.78 is 6.54. The number of carbonyl (C=O) groups is 1. The highest BCUT2D eigenvalue weighted by Gasteiger charge is 2.63. The average Bonchev–Trinajstić information content (AvgIpc) is 2.59. The van der Waals surface area contributed by atoms with Gasteiger partial charge >= 0.3 is 5.97 Å². The molecule has 3 heteroatoms. The van der Waals surface area contributed by atoms with Crippen LogP contribution in [0.5, 0.6) is 0 Å². The van der Waals surface area contributed by atoms with E-state index in [4.69, 9.17) is 4.74 Å². The van der Waals surface area contributed by atoms with Crippen LogP contribution in [0, 0.1) is 16.7 Å². The van der Waals surface area contributed by atoms with Crippen molar-refractivity contribution in [2.45, 2.75) is 59.1 Å². The maximum atomic E-state index is 12.3. The third-order valence-corrected chi connectivity index (χ3v) is 6.48. The Balaban J connectivity index is 2.09. The van der Waals surface area contributed by atoms with Gasteiger partial charge in [0.15, 0.2) is 6.04 Å². The van der Waals surface area contributed by atoms with Crippen LogP contribution in [0.4, 0.5) is 0 Å². The van der Waals surface area contributed by atoms with Crippen molar-refractivity contribution in [3.63, 3.8) is 0 Å². The SMILES string of the molecule is C[C@H](C(=O)O[C@@H]1C[C@@H]2CC[C@@]1(C)C2(C)C)[N+](C)(C)C. The van der Waals surface area contributed by atoms with Gasteiger partial charge in [-0.25, -0.2) is 4.79 Å².